The number of anilines is 1. The van der Waals surface area contributed by atoms with Gasteiger partial charge in [-0.15, -0.1) is 0 Å². The second-order valence-corrected chi connectivity index (χ2v) is 7.44. The molecule has 20 heavy (non-hydrogen) atoms. The average Bonchev–Trinajstić information content (AvgIpc) is 2.87. The van der Waals surface area contributed by atoms with Gasteiger partial charge in [-0.25, -0.2) is 0 Å². The summed E-state index contributed by atoms with van der Waals surface area (Å²) in [5.41, 5.74) is 1.62. The number of hydrogen-bond donors (Lipinski definition) is 1. The summed E-state index contributed by atoms with van der Waals surface area (Å²) < 4.78 is 1.11. The zero-order valence-electron chi connectivity index (χ0n) is 12.0. The van der Waals surface area contributed by atoms with Crippen LogP contribution in [0.15, 0.2) is 22.7 Å². The van der Waals surface area contributed by atoms with Gasteiger partial charge in [-0.1, -0.05) is 31.4 Å². The zero-order chi connectivity index (χ0) is 14.2. The lowest BCUT2D eigenvalue weighted by Crippen LogP contribution is -2.63. The van der Waals surface area contributed by atoms with Crippen LogP contribution in [0.25, 0.3) is 0 Å². The van der Waals surface area contributed by atoms with Crippen LogP contribution in [0.4, 0.5) is 5.69 Å². The van der Waals surface area contributed by atoms with E-state index in [0.717, 1.165) is 29.0 Å². The predicted octanol–water partition coefficient (Wildman–Crippen LogP) is 4.60. The predicted molar refractivity (Wildman–Crippen MR) is 89.8 cm³/mol. The third-order valence-corrected chi connectivity index (χ3v) is 5.75. The molecule has 1 unspecified atom stereocenters. The van der Waals surface area contributed by atoms with Gasteiger partial charge in [0.15, 0.2) is 0 Å². The summed E-state index contributed by atoms with van der Waals surface area (Å²) in [7, 11) is 0. The summed E-state index contributed by atoms with van der Waals surface area (Å²) in [4.78, 5) is 2.59. The second kappa shape index (κ2) is 5.86. The van der Waals surface area contributed by atoms with Gasteiger partial charge in [0.25, 0.3) is 0 Å². The first kappa shape index (κ1) is 14.7. The molecular weight excluding hydrogens is 336 g/mol. The quantitative estimate of drug-likeness (QED) is 0.832. The molecule has 1 N–H and O–H groups in total. The van der Waals surface area contributed by atoms with Gasteiger partial charge in [0.05, 0.1) is 5.69 Å². The normalized spacial score (nSPS) is 25.4. The van der Waals surface area contributed by atoms with Crippen LogP contribution in [0.2, 0.25) is 5.02 Å². The molecule has 1 saturated carbocycles. The first-order chi connectivity index (χ1) is 9.63. The minimum absolute atomic E-state index is 0.338. The number of halogens is 2. The fourth-order valence-corrected chi connectivity index (χ4v) is 4.61. The summed E-state index contributed by atoms with van der Waals surface area (Å²) in [6, 6.07) is 6.73. The number of piperazine rings is 1. The third-order valence-electron chi connectivity index (χ3n) is 4.88. The first-order valence-electron chi connectivity index (χ1n) is 7.60. The van der Waals surface area contributed by atoms with E-state index in [0.29, 0.717) is 11.6 Å². The van der Waals surface area contributed by atoms with E-state index in [4.69, 9.17) is 11.6 Å². The minimum atomic E-state index is 0.338. The van der Waals surface area contributed by atoms with Crippen LogP contribution in [0.1, 0.15) is 39.0 Å². The molecule has 1 aromatic carbocycles. The molecule has 0 radical (unpaired) electrons. The molecule has 2 aliphatic rings. The van der Waals surface area contributed by atoms with Crippen molar-refractivity contribution >= 4 is 33.2 Å². The lowest BCUT2D eigenvalue weighted by Gasteiger charge is -2.47. The largest absolute Gasteiger partial charge is 0.365 e. The summed E-state index contributed by atoms with van der Waals surface area (Å²) in [6.07, 6.45) is 6.51. The van der Waals surface area contributed by atoms with E-state index in [9.17, 15) is 0 Å². The molecule has 1 spiro atoms. The summed E-state index contributed by atoms with van der Waals surface area (Å²) in [5.74, 6) is 0. The van der Waals surface area contributed by atoms with E-state index >= 15 is 0 Å². The van der Waals surface area contributed by atoms with Crippen LogP contribution < -0.4 is 10.2 Å². The number of benzene rings is 1. The third kappa shape index (κ3) is 2.72. The summed E-state index contributed by atoms with van der Waals surface area (Å²) in [5, 5.41) is 4.63. The van der Waals surface area contributed by atoms with E-state index in [-0.39, 0.29) is 0 Å². The lowest BCUT2D eigenvalue weighted by atomic mass is 9.91. The molecule has 1 saturated heterocycles. The molecule has 1 aliphatic carbocycles. The lowest BCUT2D eigenvalue weighted by molar-refractivity contribution is 0.267. The molecule has 0 bridgehead atoms. The van der Waals surface area contributed by atoms with Gasteiger partial charge < -0.3 is 10.2 Å². The molecule has 110 valence electrons. The van der Waals surface area contributed by atoms with Crippen molar-refractivity contribution in [2.45, 2.75) is 50.6 Å². The Morgan fingerprint density at radius 2 is 2.15 bits per heavy atom. The highest BCUT2D eigenvalue weighted by molar-refractivity contribution is 9.10. The Hall–Kier alpha value is -0.250. The van der Waals surface area contributed by atoms with Gasteiger partial charge in [-0.2, -0.15) is 0 Å². The topological polar surface area (TPSA) is 15.3 Å². The smallest absolute Gasteiger partial charge is 0.0515 e. The van der Waals surface area contributed by atoms with Crippen molar-refractivity contribution in [3.8, 4) is 0 Å². The molecule has 1 heterocycles. The van der Waals surface area contributed by atoms with Gasteiger partial charge in [0, 0.05) is 34.2 Å². The highest BCUT2D eigenvalue weighted by Crippen LogP contribution is 2.38. The highest BCUT2D eigenvalue weighted by atomic mass is 79.9. The standard InChI is InChI=1S/C16H22BrClN2/c1-2-13-10-19-16(7-3-4-8-16)11-20(13)15-6-5-12(18)9-14(15)17/h5-6,9,13,19H,2-4,7-8,10-11H2,1H3. The maximum absolute atomic E-state index is 6.09. The number of nitrogens with zero attached hydrogens (tertiary/aromatic N) is 1. The Balaban J connectivity index is 1.90. The van der Waals surface area contributed by atoms with E-state index < -0.39 is 0 Å². The van der Waals surface area contributed by atoms with Crippen molar-refractivity contribution in [2.24, 2.45) is 0 Å². The molecule has 2 fully saturated rings. The van der Waals surface area contributed by atoms with Crippen LogP contribution in [0.3, 0.4) is 0 Å². The summed E-state index contributed by atoms with van der Waals surface area (Å²) >= 11 is 9.78. The Bertz CT molecular complexity index is 485. The average molecular weight is 358 g/mol. The molecule has 0 aromatic heterocycles. The molecule has 0 amide bonds. The SMILES string of the molecule is CCC1CNC2(CCCC2)CN1c1ccc(Cl)cc1Br. The Labute approximate surface area is 135 Å². The van der Waals surface area contributed by atoms with E-state index in [1.807, 2.05) is 12.1 Å². The van der Waals surface area contributed by atoms with Crippen molar-refractivity contribution in [2.75, 3.05) is 18.0 Å². The van der Waals surface area contributed by atoms with Gasteiger partial charge in [-0.05, 0) is 53.4 Å². The van der Waals surface area contributed by atoms with E-state index in [2.05, 4.69) is 39.1 Å². The molecule has 1 aliphatic heterocycles. The van der Waals surface area contributed by atoms with Gasteiger partial charge in [0.1, 0.15) is 0 Å². The van der Waals surface area contributed by atoms with E-state index in [1.54, 1.807) is 0 Å². The van der Waals surface area contributed by atoms with Gasteiger partial charge >= 0.3 is 0 Å². The first-order valence-corrected chi connectivity index (χ1v) is 8.77. The second-order valence-electron chi connectivity index (χ2n) is 6.15. The Kier molecular flexibility index (Phi) is 4.30. The van der Waals surface area contributed by atoms with Crippen LogP contribution in [-0.4, -0.2) is 24.7 Å². The maximum atomic E-state index is 6.09. The molecule has 4 heteroatoms. The zero-order valence-corrected chi connectivity index (χ0v) is 14.3. The maximum Gasteiger partial charge on any atom is 0.0515 e. The molecule has 2 nitrogen and oxygen atoms in total. The molecule has 3 rings (SSSR count). The number of nitrogens with one attached hydrogen (secondary N) is 1. The van der Waals surface area contributed by atoms with Gasteiger partial charge in [0.2, 0.25) is 0 Å². The Morgan fingerprint density at radius 1 is 1.40 bits per heavy atom. The molecule has 1 aromatic rings. The molecular formula is C16H22BrClN2. The van der Waals surface area contributed by atoms with E-state index in [1.165, 1.54) is 31.4 Å². The molecule has 1 atom stereocenters. The Morgan fingerprint density at radius 3 is 2.80 bits per heavy atom. The fourth-order valence-electron chi connectivity index (χ4n) is 3.70. The summed E-state index contributed by atoms with van der Waals surface area (Å²) in [6.45, 7) is 4.48. The van der Waals surface area contributed by atoms with Crippen LogP contribution in [0.5, 0.6) is 0 Å². The van der Waals surface area contributed by atoms with Crippen LogP contribution >= 0.6 is 27.5 Å². The monoisotopic (exact) mass is 356 g/mol. The van der Waals surface area contributed by atoms with Crippen molar-refractivity contribution in [1.29, 1.82) is 0 Å². The van der Waals surface area contributed by atoms with Crippen molar-refractivity contribution in [1.82, 2.24) is 5.32 Å². The number of hydrogen-bond acceptors (Lipinski definition) is 2. The van der Waals surface area contributed by atoms with Crippen molar-refractivity contribution < 1.29 is 0 Å². The van der Waals surface area contributed by atoms with Crippen molar-refractivity contribution in [3.05, 3.63) is 27.7 Å². The fraction of sp³-hybridized carbons (Fsp3) is 0.625. The highest BCUT2D eigenvalue weighted by Gasteiger charge is 2.41. The van der Waals surface area contributed by atoms with Crippen LogP contribution in [0, 0.1) is 0 Å². The minimum Gasteiger partial charge on any atom is -0.365 e. The van der Waals surface area contributed by atoms with Gasteiger partial charge in [-0.3, -0.25) is 0 Å². The van der Waals surface area contributed by atoms with Crippen molar-refractivity contribution in [3.63, 3.8) is 0 Å². The van der Waals surface area contributed by atoms with Crippen LogP contribution in [-0.2, 0) is 0 Å². The number of rotatable bonds is 2.